The summed E-state index contributed by atoms with van der Waals surface area (Å²) in [6.07, 6.45) is 0. The molecule has 2 aromatic rings. The van der Waals surface area contributed by atoms with E-state index in [0.717, 1.165) is 23.4 Å². The molecule has 0 saturated carbocycles. The maximum Gasteiger partial charge on any atom is 0.124 e. The number of nitrogens with one attached hydrogen (secondary N) is 1. The first-order valence-electron chi connectivity index (χ1n) is 5.96. The van der Waals surface area contributed by atoms with Gasteiger partial charge in [0.05, 0.1) is 7.11 Å². The standard InChI is InChI=1S/C15H15ClFNO/c1-19-14-6-2-11(3-7-14)9-18-10-12-4-5-13(17)8-15(12)16/h2-8,18H,9-10H2,1H3. The number of methoxy groups -OCH3 is 1. The molecular weight excluding hydrogens is 265 g/mol. The number of ether oxygens (including phenoxy) is 1. The zero-order valence-electron chi connectivity index (χ0n) is 10.6. The molecule has 2 aromatic carbocycles. The highest BCUT2D eigenvalue weighted by molar-refractivity contribution is 6.31. The van der Waals surface area contributed by atoms with Crippen molar-refractivity contribution in [1.82, 2.24) is 5.32 Å². The van der Waals surface area contributed by atoms with Crippen LogP contribution in [0.5, 0.6) is 5.75 Å². The van der Waals surface area contributed by atoms with E-state index in [0.29, 0.717) is 11.6 Å². The summed E-state index contributed by atoms with van der Waals surface area (Å²) >= 11 is 5.95. The van der Waals surface area contributed by atoms with Crippen LogP contribution in [0, 0.1) is 5.82 Å². The normalized spacial score (nSPS) is 10.5. The predicted octanol–water partition coefficient (Wildman–Crippen LogP) is 3.78. The minimum absolute atomic E-state index is 0.316. The van der Waals surface area contributed by atoms with E-state index in [1.54, 1.807) is 13.2 Å². The summed E-state index contributed by atoms with van der Waals surface area (Å²) in [6.45, 7) is 1.32. The molecule has 0 atom stereocenters. The van der Waals surface area contributed by atoms with E-state index in [1.165, 1.54) is 12.1 Å². The molecule has 0 fully saturated rings. The Balaban J connectivity index is 1.88. The SMILES string of the molecule is COc1ccc(CNCc2ccc(F)cc2Cl)cc1. The molecule has 0 aliphatic rings. The molecule has 0 amide bonds. The average Bonchev–Trinajstić information content (AvgIpc) is 2.42. The fourth-order valence-corrected chi connectivity index (χ4v) is 1.98. The second kappa shape index (κ2) is 6.55. The van der Waals surface area contributed by atoms with Gasteiger partial charge in [-0.15, -0.1) is 0 Å². The van der Waals surface area contributed by atoms with E-state index in [4.69, 9.17) is 16.3 Å². The molecule has 0 aromatic heterocycles. The van der Waals surface area contributed by atoms with Crippen LogP contribution in [0.25, 0.3) is 0 Å². The molecule has 0 spiro atoms. The Morgan fingerprint density at radius 1 is 1.11 bits per heavy atom. The van der Waals surface area contributed by atoms with Gasteiger partial charge in [0.1, 0.15) is 11.6 Å². The first-order valence-corrected chi connectivity index (χ1v) is 6.34. The molecule has 100 valence electrons. The Labute approximate surface area is 117 Å². The Morgan fingerprint density at radius 3 is 2.47 bits per heavy atom. The molecule has 0 aliphatic heterocycles. The van der Waals surface area contributed by atoms with Crippen molar-refractivity contribution in [1.29, 1.82) is 0 Å². The van der Waals surface area contributed by atoms with Gasteiger partial charge in [-0.3, -0.25) is 0 Å². The molecular formula is C15H15ClFNO. The molecule has 0 unspecified atom stereocenters. The topological polar surface area (TPSA) is 21.3 Å². The van der Waals surface area contributed by atoms with E-state index < -0.39 is 0 Å². The van der Waals surface area contributed by atoms with Crippen molar-refractivity contribution in [3.8, 4) is 5.75 Å². The predicted molar refractivity (Wildman–Crippen MR) is 74.9 cm³/mol. The molecule has 1 N–H and O–H groups in total. The van der Waals surface area contributed by atoms with Crippen LogP contribution in [0.2, 0.25) is 5.02 Å². The van der Waals surface area contributed by atoms with Gasteiger partial charge >= 0.3 is 0 Å². The monoisotopic (exact) mass is 279 g/mol. The van der Waals surface area contributed by atoms with Crippen molar-refractivity contribution in [3.63, 3.8) is 0 Å². The summed E-state index contributed by atoms with van der Waals surface area (Å²) in [5.74, 6) is 0.522. The van der Waals surface area contributed by atoms with Gasteiger partial charge in [0.25, 0.3) is 0 Å². The van der Waals surface area contributed by atoms with Gasteiger partial charge in [-0.2, -0.15) is 0 Å². The van der Waals surface area contributed by atoms with Gasteiger partial charge in [-0.05, 0) is 35.4 Å². The van der Waals surface area contributed by atoms with Crippen molar-refractivity contribution in [3.05, 3.63) is 64.4 Å². The maximum atomic E-state index is 12.9. The number of rotatable bonds is 5. The van der Waals surface area contributed by atoms with E-state index in [-0.39, 0.29) is 5.82 Å². The van der Waals surface area contributed by atoms with Crippen LogP contribution >= 0.6 is 11.6 Å². The number of benzene rings is 2. The van der Waals surface area contributed by atoms with Gasteiger partial charge in [0.15, 0.2) is 0 Å². The van der Waals surface area contributed by atoms with E-state index in [9.17, 15) is 4.39 Å². The van der Waals surface area contributed by atoms with E-state index in [2.05, 4.69) is 5.32 Å². The summed E-state index contributed by atoms with van der Waals surface area (Å²) < 4.78 is 18.0. The van der Waals surface area contributed by atoms with Gasteiger partial charge < -0.3 is 10.1 Å². The average molecular weight is 280 g/mol. The lowest BCUT2D eigenvalue weighted by molar-refractivity contribution is 0.414. The smallest absolute Gasteiger partial charge is 0.124 e. The first-order chi connectivity index (χ1) is 9.19. The fourth-order valence-electron chi connectivity index (χ4n) is 1.75. The van der Waals surface area contributed by atoms with Crippen LogP contribution in [-0.2, 0) is 13.1 Å². The lowest BCUT2D eigenvalue weighted by atomic mass is 10.2. The van der Waals surface area contributed by atoms with E-state index in [1.807, 2.05) is 24.3 Å². The van der Waals surface area contributed by atoms with E-state index >= 15 is 0 Å². The molecule has 0 radical (unpaired) electrons. The Kier molecular flexibility index (Phi) is 4.77. The van der Waals surface area contributed by atoms with Crippen LogP contribution in [-0.4, -0.2) is 7.11 Å². The Bertz CT molecular complexity index is 542. The number of halogens is 2. The minimum Gasteiger partial charge on any atom is -0.497 e. The van der Waals surface area contributed by atoms with Crippen molar-refractivity contribution in [2.75, 3.05) is 7.11 Å². The molecule has 19 heavy (non-hydrogen) atoms. The third-order valence-electron chi connectivity index (χ3n) is 2.82. The molecule has 0 heterocycles. The van der Waals surface area contributed by atoms with Crippen LogP contribution in [0.1, 0.15) is 11.1 Å². The van der Waals surface area contributed by atoms with Crippen molar-refractivity contribution in [2.45, 2.75) is 13.1 Å². The lowest BCUT2D eigenvalue weighted by Gasteiger charge is -2.07. The first kappa shape index (κ1) is 13.8. The van der Waals surface area contributed by atoms with Crippen LogP contribution in [0.15, 0.2) is 42.5 Å². The van der Waals surface area contributed by atoms with Crippen molar-refractivity contribution >= 4 is 11.6 Å². The van der Waals surface area contributed by atoms with Crippen molar-refractivity contribution in [2.24, 2.45) is 0 Å². The largest absolute Gasteiger partial charge is 0.497 e. The second-order valence-electron chi connectivity index (χ2n) is 4.19. The molecule has 2 rings (SSSR count). The van der Waals surface area contributed by atoms with Gasteiger partial charge in [0.2, 0.25) is 0 Å². The molecule has 0 bridgehead atoms. The Hall–Kier alpha value is -1.58. The zero-order valence-corrected chi connectivity index (χ0v) is 11.4. The summed E-state index contributed by atoms with van der Waals surface area (Å²) in [5, 5.41) is 3.71. The highest BCUT2D eigenvalue weighted by Gasteiger charge is 2.01. The molecule has 0 saturated heterocycles. The summed E-state index contributed by atoms with van der Waals surface area (Å²) in [7, 11) is 1.64. The molecule has 0 aliphatic carbocycles. The highest BCUT2D eigenvalue weighted by atomic mass is 35.5. The lowest BCUT2D eigenvalue weighted by Crippen LogP contribution is -2.13. The quantitative estimate of drug-likeness (QED) is 0.899. The third kappa shape index (κ3) is 3.94. The van der Waals surface area contributed by atoms with Crippen LogP contribution in [0.4, 0.5) is 4.39 Å². The molecule has 4 heteroatoms. The van der Waals surface area contributed by atoms with Gasteiger partial charge in [-0.25, -0.2) is 4.39 Å². The second-order valence-corrected chi connectivity index (χ2v) is 4.59. The number of hydrogen-bond donors (Lipinski definition) is 1. The summed E-state index contributed by atoms with van der Waals surface area (Å²) in [5.41, 5.74) is 2.04. The third-order valence-corrected chi connectivity index (χ3v) is 3.17. The minimum atomic E-state index is -0.316. The Morgan fingerprint density at radius 2 is 1.84 bits per heavy atom. The summed E-state index contributed by atoms with van der Waals surface area (Å²) in [6, 6.07) is 12.3. The van der Waals surface area contributed by atoms with Crippen LogP contribution in [0.3, 0.4) is 0 Å². The fraction of sp³-hybridized carbons (Fsp3) is 0.200. The van der Waals surface area contributed by atoms with Gasteiger partial charge in [0, 0.05) is 18.1 Å². The highest BCUT2D eigenvalue weighted by Crippen LogP contribution is 2.17. The maximum absolute atomic E-state index is 12.9. The zero-order chi connectivity index (χ0) is 13.7. The molecule has 2 nitrogen and oxygen atoms in total. The van der Waals surface area contributed by atoms with Crippen molar-refractivity contribution < 1.29 is 9.13 Å². The number of hydrogen-bond acceptors (Lipinski definition) is 2. The summed E-state index contributed by atoms with van der Waals surface area (Å²) in [4.78, 5) is 0. The van der Waals surface area contributed by atoms with Crippen LogP contribution < -0.4 is 10.1 Å². The van der Waals surface area contributed by atoms with Gasteiger partial charge in [-0.1, -0.05) is 29.8 Å².